The van der Waals surface area contributed by atoms with E-state index in [0.717, 1.165) is 22.6 Å². The van der Waals surface area contributed by atoms with Crippen molar-refractivity contribution < 1.29 is 9.59 Å². The highest BCUT2D eigenvalue weighted by Crippen LogP contribution is 2.21. The van der Waals surface area contributed by atoms with Gasteiger partial charge in [0.2, 0.25) is 5.91 Å². The van der Waals surface area contributed by atoms with E-state index in [1.54, 1.807) is 0 Å². The maximum Gasteiger partial charge on any atom is 0.231 e. The van der Waals surface area contributed by atoms with E-state index in [-0.39, 0.29) is 11.4 Å². The van der Waals surface area contributed by atoms with Crippen LogP contribution in [0.15, 0.2) is 42.5 Å². The molecule has 1 atom stereocenters. The quantitative estimate of drug-likeness (QED) is 0.692. The topological polar surface area (TPSA) is 46.2 Å². The lowest BCUT2D eigenvalue weighted by Crippen LogP contribution is -2.44. The van der Waals surface area contributed by atoms with Gasteiger partial charge in [0.25, 0.3) is 0 Å². The molecule has 0 saturated heterocycles. The number of fused-ring (bicyclic) bond motifs is 1. The first-order chi connectivity index (χ1) is 9.90. The van der Waals surface area contributed by atoms with Crippen molar-refractivity contribution >= 4 is 23.0 Å². The van der Waals surface area contributed by atoms with Gasteiger partial charge in [-0.1, -0.05) is 42.5 Å². The molecule has 2 rings (SSSR count). The molecule has 0 aliphatic rings. The number of carbonyl (C=O) groups is 2. The van der Waals surface area contributed by atoms with E-state index in [0.29, 0.717) is 6.42 Å². The normalized spacial score (nSPS) is 12.9. The fourth-order valence-electron chi connectivity index (χ4n) is 2.37. The molecule has 1 N–H and O–H groups in total. The van der Waals surface area contributed by atoms with Crippen molar-refractivity contribution in [3.63, 3.8) is 0 Å². The maximum atomic E-state index is 12.2. The van der Waals surface area contributed by atoms with E-state index >= 15 is 0 Å². The van der Waals surface area contributed by atoms with Crippen molar-refractivity contribution in [3.05, 3.63) is 48.0 Å². The molecule has 0 spiro atoms. The second-order valence-corrected chi connectivity index (χ2v) is 6.32. The van der Waals surface area contributed by atoms with Crippen LogP contribution in [0, 0.1) is 5.92 Å². The van der Waals surface area contributed by atoms with Crippen molar-refractivity contribution in [1.29, 1.82) is 0 Å². The van der Waals surface area contributed by atoms with E-state index < -0.39 is 5.92 Å². The van der Waals surface area contributed by atoms with Crippen LogP contribution in [0.4, 0.5) is 0 Å². The van der Waals surface area contributed by atoms with Gasteiger partial charge in [-0.2, -0.15) is 0 Å². The highest BCUT2D eigenvalue weighted by Gasteiger charge is 2.23. The molecule has 0 fully saturated rings. The zero-order chi connectivity index (χ0) is 15.5. The molecule has 1 amide bonds. The number of hydrogen-bond acceptors (Lipinski definition) is 2. The predicted molar refractivity (Wildman–Crippen MR) is 85.1 cm³/mol. The van der Waals surface area contributed by atoms with E-state index in [9.17, 15) is 9.59 Å². The number of carbonyl (C=O) groups excluding carboxylic acids is 2. The SMILES string of the molecule is CC(C)(C)NC(=O)C(C=O)Cc1cccc2ccccc12. The summed E-state index contributed by atoms with van der Waals surface area (Å²) in [7, 11) is 0. The molecule has 0 heterocycles. The summed E-state index contributed by atoms with van der Waals surface area (Å²) in [5, 5.41) is 5.08. The van der Waals surface area contributed by atoms with Gasteiger partial charge in [0.1, 0.15) is 6.29 Å². The van der Waals surface area contributed by atoms with Crippen LogP contribution in [0.3, 0.4) is 0 Å². The fraction of sp³-hybridized carbons (Fsp3) is 0.333. The molecule has 1 unspecified atom stereocenters. The van der Waals surface area contributed by atoms with E-state index in [4.69, 9.17) is 0 Å². The maximum absolute atomic E-state index is 12.2. The van der Waals surface area contributed by atoms with E-state index in [1.807, 2.05) is 63.2 Å². The molecule has 0 radical (unpaired) electrons. The summed E-state index contributed by atoms with van der Waals surface area (Å²) in [4.78, 5) is 23.5. The Balaban J connectivity index is 2.25. The molecular formula is C18H21NO2. The van der Waals surface area contributed by atoms with Crippen molar-refractivity contribution in [3.8, 4) is 0 Å². The molecule has 3 nitrogen and oxygen atoms in total. The lowest BCUT2D eigenvalue weighted by atomic mass is 9.94. The minimum absolute atomic E-state index is 0.217. The summed E-state index contributed by atoms with van der Waals surface area (Å²) in [5.41, 5.74) is 0.686. The van der Waals surface area contributed by atoms with Crippen molar-refractivity contribution in [2.75, 3.05) is 0 Å². The summed E-state index contributed by atoms with van der Waals surface area (Å²) in [6.07, 6.45) is 1.16. The first kappa shape index (κ1) is 15.2. The molecular weight excluding hydrogens is 262 g/mol. The predicted octanol–water partition coefficient (Wildman–Crippen LogP) is 3.11. The standard InChI is InChI=1S/C18H21NO2/c1-18(2,3)19-17(21)15(12-20)11-14-9-6-8-13-7-4-5-10-16(13)14/h4-10,12,15H,11H2,1-3H3,(H,19,21). The lowest BCUT2D eigenvalue weighted by Gasteiger charge is -2.23. The Morgan fingerprint density at radius 3 is 2.48 bits per heavy atom. The average Bonchev–Trinajstić information content (AvgIpc) is 2.42. The van der Waals surface area contributed by atoms with Gasteiger partial charge in [0.15, 0.2) is 0 Å². The van der Waals surface area contributed by atoms with Gasteiger partial charge < -0.3 is 10.1 Å². The number of nitrogens with one attached hydrogen (secondary N) is 1. The zero-order valence-corrected chi connectivity index (χ0v) is 12.7. The van der Waals surface area contributed by atoms with Crippen molar-refractivity contribution in [2.24, 2.45) is 5.92 Å². The van der Waals surface area contributed by atoms with Crippen LogP contribution in [0.1, 0.15) is 26.3 Å². The van der Waals surface area contributed by atoms with Crippen LogP contribution in [-0.4, -0.2) is 17.7 Å². The van der Waals surface area contributed by atoms with Crippen LogP contribution in [0.25, 0.3) is 10.8 Å². The van der Waals surface area contributed by atoms with Gasteiger partial charge in [0, 0.05) is 5.54 Å². The third-order valence-corrected chi connectivity index (χ3v) is 3.32. The van der Waals surface area contributed by atoms with Gasteiger partial charge >= 0.3 is 0 Å². The molecule has 110 valence electrons. The van der Waals surface area contributed by atoms with E-state index in [1.165, 1.54) is 0 Å². The Morgan fingerprint density at radius 1 is 1.14 bits per heavy atom. The Hall–Kier alpha value is -2.16. The van der Waals surface area contributed by atoms with Gasteiger partial charge in [-0.05, 0) is 43.5 Å². The van der Waals surface area contributed by atoms with Crippen LogP contribution >= 0.6 is 0 Å². The molecule has 2 aromatic rings. The third kappa shape index (κ3) is 3.91. The highest BCUT2D eigenvalue weighted by molar-refractivity contribution is 5.93. The average molecular weight is 283 g/mol. The van der Waals surface area contributed by atoms with Crippen molar-refractivity contribution in [2.45, 2.75) is 32.7 Å². The first-order valence-corrected chi connectivity index (χ1v) is 7.15. The second-order valence-electron chi connectivity index (χ2n) is 6.32. The molecule has 2 aromatic carbocycles. The van der Waals surface area contributed by atoms with Crippen LogP contribution in [-0.2, 0) is 16.0 Å². The lowest BCUT2D eigenvalue weighted by molar-refractivity contribution is -0.130. The minimum Gasteiger partial charge on any atom is -0.351 e. The molecule has 0 aromatic heterocycles. The number of hydrogen-bond donors (Lipinski definition) is 1. The number of rotatable bonds is 4. The number of aldehydes is 1. The number of amides is 1. The van der Waals surface area contributed by atoms with E-state index in [2.05, 4.69) is 5.32 Å². The molecule has 0 saturated carbocycles. The summed E-state index contributed by atoms with van der Waals surface area (Å²) in [5.74, 6) is -0.875. The highest BCUT2D eigenvalue weighted by atomic mass is 16.2. The Morgan fingerprint density at radius 2 is 1.81 bits per heavy atom. The van der Waals surface area contributed by atoms with Crippen LogP contribution in [0.2, 0.25) is 0 Å². The Bertz CT molecular complexity index is 650. The number of benzene rings is 2. The van der Waals surface area contributed by atoms with Crippen LogP contribution < -0.4 is 5.32 Å². The summed E-state index contributed by atoms with van der Waals surface area (Å²) < 4.78 is 0. The van der Waals surface area contributed by atoms with Crippen molar-refractivity contribution in [1.82, 2.24) is 5.32 Å². The van der Waals surface area contributed by atoms with Gasteiger partial charge in [-0.25, -0.2) is 0 Å². The molecule has 0 aliphatic carbocycles. The van der Waals surface area contributed by atoms with Gasteiger partial charge in [-0.15, -0.1) is 0 Å². The third-order valence-electron chi connectivity index (χ3n) is 3.32. The Labute approximate surface area is 125 Å². The molecule has 21 heavy (non-hydrogen) atoms. The van der Waals surface area contributed by atoms with Gasteiger partial charge in [-0.3, -0.25) is 4.79 Å². The first-order valence-electron chi connectivity index (χ1n) is 7.15. The molecule has 0 aliphatic heterocycles. The smallest absolute Gasteiger partial charge is 0.231 e. The molecule has 3 heteroatoms. The monoisotopic (exact) mass is 283 g/mol. The summed E-state index contributed by atoms with van der Waals surface area (Å²) in [6, 6.07) is 14.0. The largest absolute Gasteiger partial charge is 0.351 e. The summed E-state index contributed by atoms with van der Waals surface area (Å²) in [6.45, 7) is 5.72. The second kappa shape index (κ2) is 6.08. The fourth-order valence-corrected chi connectivity index (χ4v) is 2.37. The summed E-state index contributed by atoms with van der Waals surface area (Å²) >= 11 is 0. The van der Waals surface area contributed by atoms with Gasteiger partial charge in [0.05, 0.1) is 5.92 Å². The Kier molecular flexibility index (Phi) is 4.41. The molecule has 0 bridgehead atoms. The zero-order valence-electron chi connectivity index (χ0n) is 12.7. The minimum atomic E-state index is -0.657. The van der Waals surface area contributed by atoms with Crippen LogP contribution in [0.5, 0.6) is 0 Å².